The number of nitrogens with zero attached hydrogens (tertiary/aromatic N) is 2. The van der Waals surface area contributed by atoms with E-state index in [4.69, 9.17) is 0 Å². The molecule has 1 saturated heterocycles. The van der Waals surface area contributed by atoms with Crippen LogP contribution in [0.3, 0.4) is 0 Å². The zero-order chi connectivity index (χ0) is 33.2. The van der Waals surface area contributed by atoms with Gasteiger partial charge in [-0.1, -0.05) is 129 Å². The summed E-state index contributed by atoms with van der Waals surface area (Å²) in [7, 11) is 0. The molecule has 0 radical (unpaired) electrons. The zero-order valence-corrected chi connectivity index (χ0v) is 30.9. The van der Waals surface area contributed by atoms with E-state index in [9.17, 15) is 9.59 Å². The molecule has 1 heterocycles. The number of allylic oxidation sites excluding steroid dienone is 2. The van der Waals surface area contributed by atoms with Gasteiger partial charge >= 0.3 is 0 Å². The molecule has 0 aromatic rings. The van der Waals surface area contributed by atoms with E-state index in [1.807, 2.05) is 0 Å². The van der Waals surface area contributed by atoms with Crippen LogP contribution in [0.4, 0.5) is 0 Å². The standard InChI is InChI=1S/C40H78N4O2/c1-3-5-7-9-11-13-14-15-16-17-18-20-22-24-26-30-40(46)42-32-28-34-44-37-35-43(36-38-44)33-27-31-41-39(45)29-25-23-21-19-12-10-8-6-4-2/h15-16H,3-14,17-38H2,1-2H3,(H,41,45)(H,42,46)/b16-15-. The minimum Gasteiger partial charge on any atom is -0.356 e. The lowest BCUT2D eigenvalue weighted by atomic mass is 10.1. The van der Waals surface area contributed by atoms with Gasteiger partial charge in [0.1, 0.15) is 0 Å². The van der Waals surface area contributed by atoms with Crippen LogP contribution in [0.25, 0.3) is 0 Å². The van der Waals surface area contributed by atoms with E-state index in [1.165, 1.54) is 128 Å². The summed E-state index contributed by atoms with van der Waals surface area (Å²) in [6.07, 6.45) is 36.6. The number of hydrogen-bond donors (Lipinski definition) is 2. The fraction of sp³-hybridized carbons (Fsp3) is 0.900. The van der Waals surface area contributed by atoms with E-state index in [0.717, 1.165) is 78.0 Å². The van der Waals surface area contributed by atoms with Gasteiger partial charge in [0, 0.05) is 52.1 Å². The quantitative estimate of drug-likeness (QED) is 0.0551. The molecule has 6 heteroatoms. The van der Waals surface area contributed by atoms with Crippen molar-refractivity contribution in [3.8, 4) is 0 Å². The van der Waals surface area contributed by atoms with Gasteiger partial charge in [-0.2, -0.15) is 0 Å². The molecule has 2 amide bonds. The summed E-state index contributed by atoms with van der Waals surface area (Å²) in [6, 6.07) is 0. The molecule has 0 unspecified atom stereocenters. The van der Waals surface area contributed by atoms with Crippen molar-refractivity contribution in [2.45, 2.75) is 181 Å². The van der Waals surface area contributed by atoms with Gasteiger partial charge in [0.15, 0.2) is 0 Å². The Morgan fingerprint density at radius 2 is 0.783 bits per heavy atom. The van der Waals surface area contributed by atoms with Gasteiger partial charge in [-0.3, -0.25) is 9.59 Å². The lowest BCUT2D eigenvalue weighted by molar-refractivity contribution is -0.122. The highest BCUT2D eigenvalue weighted by Crippen LogP contribution is 2.12. The van der Waals surface area contributed by atoms with Gasteiger partial charge in [0.05, 0.1) is 0 Å². The molecule has 1 rings (SSSR count). The number of amides is 2. The first-order chi connectivity index (χ1) is 22.7. The Labute approximate surface area is 286 Å². The highest BCUT2D eigenvalue weighted by molar-refractivity contribution is 5.76. The van der Waals surface area contributed by atoms with Crippen molar-refractivity contribution >= 4 is 11.8 Å². The molecule has 0 spiro atoms. The average molecular weight is 647 g/mol. The van der Waals surface area contributed by atoms with Crippen molar-refractivity contribution in [1.82, 2.24) is 20.4 Å². The summed E-state index contributed by atoms with van der Waals surface area (Å²) in [6.45, 7) is 12.7. The number of carbonyl (C=O) groups excluding carboxylic acids is 2. The number of unbranched alkanes of at least 4 members (excludes halogenated alkanes) is 19. The fourth-order valence-corrected chi connectivity index (χ4v) is 6.43. The number of hydrogen-bond acceptors (Lipinski definition) is 4. The van der Waals surface area contributed by atoms with Crippen LogP contribution in [0.5, 0.6) is 0 Å². The molecule has 0 atom stereocenters. The molecule has 0 bridgehead atoms. The van der Waals surface area contributed by atoms with Crippen LogP contribution in [-0.4, -0.2) is 74.0 Å². The van der Waals surface area contributed by atoms with Crippen molar-refractivity contribution in [2.24, 2.45) is 0 Å². The third kappa shape index (κ3) is 28.8. The third-order valence-corrected chi connectivity index (χ3v) is 9.58. The molecule has 0 aromatic heterocycles. The molecule has 1 aliphatic rings. The largest absolute Gasteiger partial charge is 0.356 e. The lowest BCUT2D eigenvalue weighted by Crippen LogP contribution is -2.47. The van der Waals surface area contributed by atoms with E-state index in [0.29, 0.717) is 12.8 Å². The molecule has 6 nitrogen and oxygen atoms in total. The molecule has 270 valence electrons. The van der Waals surface area contributed by atoms with E-state index < -0.39 is 0 Å². The fourth-order valence-electron chi connectivity index (χ4n) is 6.43. The highest BCUT2D eigenvalue weighted by atomic mass is 16.2. The number of carbonyl (C=O) groups is 2. The first-order valence-electron chi connectivity index (χ1n) is 20.3. The molecule has 0 aromatic carbocycles. The van der Waals surface area contributed by atoms with Gasteiger partial charge in [0.25, 0.3) is 0 Å². The number of rotatable bonds is 33. The maximum atomic E-state index is 12.2. The summed E-state index contributed by atoms with van der Waals surface area (Å²) < 4.78 is 0. The molecule has 0 aliphatic carbocycles. The summed E-state index contributed by atoms with van der Waals surface area (Å²) in [5, 5.41) is 6.26. The molecule has 1 fully saturated rings. The lowest BCUT2D eigenvalue weighted by Gasteiger charge is -2.34. The SMILES string of the molecule is CCCCCCCC/C=C\CCCCCCCC(=O)NCCCN1CCN(CCCNC(=O)CCCCCCCCCCC)CC1. The Morgan fingerprint density at radius 1 is 0.457 bits per heavy atom. The van der Waals surface area contributed by atoms with Crippen molar-refractivity contribution in [1.29, 1.82) is 0 Å². The van der Waals surface area contributed by atoms with E-state index in [-0.39, 0.29) is 11.8 Å². The summed E-state index contributed by atoms with van der Waals surface area (Å²) in [5.41, 5.74) is 0. The van der Waals surface area contributed by atoms with Crippen LogP contribution in [0.1, 0.15) is 181 Å². The zero-order valence-electron chi connectivity index (χ0n) is 30.9. The second-order valence-corrected chi connectivity index (χ2v) is 14.0. The molecule has 2 N–H and O–H groups in total. The van der Waals surface area contributed by atoms with E-state index >= 15 is 0 Å². The second kappa shape index (κ2) is 33.5. The first-order valence-corrected chi connectivity index (χ1v) is 20.3. The predicted octanol–water partition coefficient (Wildman–Crippen LogP) is 9.58. The van der Waals surface area contributed by atoms with Gasteiger partial charge in [-0.25, -0.2) is 0 Å². The molecule has 0 saturated carbocycles. The van der Waals surface area contributed by atoms with E-state index in [2.05, 4.69) is 46.4 Å². The number of piperazine rings is 1. The smallest absolute Gasteiger partial charge is 0.219 e. The maximum Gasteiger partial charge on any atom is 0.219 e. The van der Waals surface area contributed by atoms with Crippen LogP contribution >= 0.6 is 0 Å². The van der Waals surface area contributed by atoms with Crippen LogP contribution < -0.4 is 10.6 Å². The molecule has 1 aliphatic heterocycles. The van der Waals surface area contributed by atoms with Crippen LogP contribution in [0.2, 0.25) is 0 Å². The van der Waals surface area contributed by atoms with Crippen molar-refractivity contribution in [2.75, 3.05) is 52.4 Å². The Bertz CT molecular complexity index is 705. The minimum atomic E-state index is 0.225. The van der Waals surface area contributed by atoms with E-state index in [1.54, 1.807) is 0 Å². The van der Waals surface area contributed by atoms with Gasteiger partial charge in [0.2, 0.25) is 11.8 Å². The van der Waals surface area contributed by atoms with Crippen molar-refractivity contribution < 1.29 is 9.59 Å². The Balaban J connectivity index is 1.84. The second-order valence-electron chi connectivity index (χ2n) is 14.0. The third-order valence-electron chi connectivity index (χ3n) is 9.58. The normalized spacial score (nSPS) is 14.3. The topological polar surface area (TPSA) is 64.7 Å². The molecule has 46 heavy (non-hydrogen) atoms. The Hall–Kier alpha value is -1.40. The van der Waals surface area contributed by atoms with Crippen LogP contribution in [-0.2, 0) is 9.59 Å². The van der Waals surface area contributed by atoms with Crippen LogP contribution in [0.15, 0.2) is 12.2 Å². The van der Waals surface area contributed by atoms with Crippen LogP contribution in [0, 0.1) is 0 Å². The van der Waals surface area contributed by atoms with Gasteiger partial charge < -0.3 is 20.4 Å². The van der Waals surface area contributed by atoms with Crippen molar-refractivity contribution in [3.63, 3.8) is 0 Å². The summed E-state index contributed by atoms with van der Waals surface area (Å²) in [4.78, 5) is 29.4. The van der Waals surface area contributed by atoms with Gasteiger partial charge in [-0.15, -0.1) is 0 Å². The summed E-state index contributed by atoms with van der Waals surface area (Å²) in [5.74, 6) is 0.454. The first kappa shape index (κ1) is 42.6. The maximum absolute atomic E-state index is 12.2. The Morgan fingerprint density at radius 3 is 1.15 bits per heavy atom. The monoisotopic (exact) mass is 647 g/mol. The molecular formula is C40H78N4O2. The highest BCUT2D eigenvalue weighted by Gasteiger charge is 2.16. The number of nitrogens with one attached hydrogen (secondary N) is 2. The van der Waals surface area contributed by atoms with Gasteiger partial charge in [-0.05, 0) is 64.5 Å². The molecular weight excluding hydrogens is 568 g/mol. The summed E-state index contributed by atoms with van der Waals surface area (Å²) >= 11 is 0. The average Bonchev–Trinajstić information content (AvgIpc) is 3.06. The Kier molecular flexibility index (Phi) is 31.0. The minimum absolute atomic E-state index is 0.225. The predicted molar refractivity (Wildman–Crippen MR) is 199 cm³/mol. The van der Waals surface area contributed by atoms with Crippen molar-refractivity contribution in [3.05, 3.63) is 12.2 Å².